The summed E-state index contributed by atoms with van der Waals surface area (Å²) in [6.45, 7) is 9.10. The molecule has 2 atom stereocenters. The lowest BCUT2D eigenvalue weighted by Crippen LogP contribution is -2.65. The summed E-state index contributed by atoms with van der Waals surface area (Å²) in [5.74, 6) is 1.13. The summed E-state index contributed by atoms with van der Waals surface area (Å²) in [4.78, 5) is 18.1. The number of ether oxygens (including phenoxy) is 1. The first kappa shape index (κ1) is 22.7. The zero-order valence-electron chi connectivity index (χ0n) is 17.1. The summed E-state index contributed by atoms with van der Waals surface area (Å²) in [5, 5.41) is 7.36. The van der Waals surface area contributed by atoms with Crippen molar-refractivity contribution in [1.82, 2.24) is 15.5 Å². The highest BCUT2D eigenvalue weighted by atomic mass is 127. The van der Waals surface area contributed by atoms with Crippen LogP contribution in [-0.4, -0.2) is 61.2 Å². The Labute approximate surface area is 181 Å². The highest BCUT2D eigenvalue weighted by Crippen LogP contribution is 2.54. The van der Waals surface area contributed by atoms with Crippen LogP contribution in [0.3, 0.4) is 0 Å². The SMILES string of the molecule is CCN=C(NC1CCN(C(C)=O)CC1)NC1CC(OCC)C12CCCC2.I. The quantitative estimate of drug-likeness (QED) is 0.352. The Hall–Kier alpha value is -0.570. The third kappa shape index (κ3) is 5.08. The van der Waals surface area contributed by atoms with Crippen LogP contribution >= 0.6 is 24.0 Å². The summed E-state index contributed by atoms with van der Waals surface area (Å²) in [7, 11) is 0. The number of hydrogen-bond donors (Lipinski definition) is 2. The number of piperidine rings is 1. The first-order chi connectivity index (χ1) is 12.6. The first-order valence-electron chi connectivity index (χ1n) is 10.5. The highest BCUT2D eigenvalue weighted by molar-refractivity contribution is 14.0. The predicted octanol–water partition coefficient (Wildman–Crippen LogP) is 2.91. The molecule has 1 heterocycles. The molecule has 1 saturated heterocycles. The van der Waals surface area contributed by atoms with E-state index in [1.165, 1.54) is 25.7 Å². The molecule has 3 fully saturated rings. The van der Waals surface area contributed by atoms with E-state index >= 15 is 0 Å². The van der Waals surface area contributed by atoms with Gasteiger partial charge in [0.25, 0.3) is 0 Å². The van der Waals surface area contributed by atoms with Gasteiger partial charge in [-0.05, 0) is 46.0 Å². The van der Waals surface area contributed by atoms with Crippen LogP contribution < -0.4 is 10.6 Å². The van der Waals surface area contributed by atoms with Crippen LogP contribution in [0.1, 0.15) is 65.7 Å². The standard InChI is InChI=1S/C20H36N4O2.HI/c1-4-21-19(22-16-8-12-24(13-9-16)15(3)25)23-17-14-18(26-5-2)20(17)10-6-7-11-20;/h16-18H,4-14H2,1-3H3,(H2,21,22,23);1H. The first-order valence-corrected chi connectivity index (χ1v) is 10.5. The maximum Gasteiger partial charge on any atom is 0.219 e. The van der Waals surface area contributed by atoms with Crippen LogP contribution in [-0.2, 0) is 9.53 Å². The smallest absolute Gasteiger partial charge is 0.219 e. The van der Waals surface area contributed by atoms with Crippen LogP contribution in [0.2, 0.25) is 0 Å². The maximum absolute atomic E-state index is 11.5. The second-order valence-electron chi connectivity index (χ2n) is 8.06. The van der Waals surface area contributed by atoms with E-state index in [4.69, 9.17) is 9.73 Å². The molecule has 1 amide bonds. The number of guanidine groups is 1. The van der Waals surface area contributed by atoms with Gasteiger partial charge >= 0.3 is 0 Å². The summed E-state index contributed by atoms with van der Waals surface area (Å²) >= 11 is 0. The average molecular weight is 492 g/mol. The van der Waals surface area contributed by atoms with E-state index in [0.29, 0.717) is 23.6 Å². The van der Waals surface area contributed by atoms with E-state index in [9.17, 15) is 4.79 Å². The molecule has 0 aromatic rings. The minimum atomic E-state index is 0. The summed E-state index contributed by atoms with van der Waals surface area (Å²) < 4.78 is 6.03. The van der Waals surface area contributed by atoms with Crippen LogP contribution in [0.4, 0.5) is 0 Å². The fraction of sp³-hybridized carbons (Fsp3) is 0.900. The number of amides is 1. The van der Waals surface area contributed by atoms with Crippen molar-refractivity contribution in [1.29, 1.82) is 0 Å². The molecule has 27 heavy (non-hydrogen) atoms. The van der Waals surface area contributed by atoms with Gasteiger partial charge in [-0.2, -0.15) is 0 Å². The Morgan fingerprint density at radius 1 is 1.19 bits per heavy atom. The van der Waals surface area contributed by atoms with Crippen LogP contribution in [0.15, 0.2) is 4.99 Å². The second-order valence-corrected chi connectivity index (χ2v) is 8.06. The number of carbonyl (C=O) groups is 1. The summed E-state index contributed by atoms with van der Waals surface area (Å²) in [6.07, 6.45) is 8.65. The van der Waals surface area contributed by atoms with Crippen molar-refractivity contribution in [2.45, 2.75) is 83.9 Å². The van der Waals surface area contributed by atoms with Crippen molar-refractivity contribution >= 4 is 35.8 Å². The number of aliphatic imine (C=N–C) groups is 1. The largest absolute Gasteiger partial charge is 0.378 e. The predicted molar refractivity (Wildman–Crippen MR) is 120 cm³/mol. The third-order valence-corrected chi connectivity index (χ3v) is 6.60. The minimum Gasteiger partial charge on any atom is -0.378 e. The van der Waals surface area contributed by atoms with Gasteiger partial charge < -0.3 is 20.3 Å². The molecule has 1 spiro atoms. The topological polar surface area (TPSA) is 66.0 Å². The van der Waals surface area contributed by atoms with Gasteiger partial charge in [-0.1, -0.05) is 12.8 Å². The van der Waals surface area contributed by atoms with E-state index in [1.807, 2.05) is 4.90 Å². The van der Waals surface area contributed by atoms with Crippen LogP contribution in [0.5, 0.6) is 0 Å². The Kier molecular flexibility index (Phi) is 8.65. The number of rotatable bonds is 5. The molecule has 2 saturated carbocycles. The van der Waals surface area contributed by atoms with Crippen molar-refractivity contribution < 1.29 is 9.53 Å². The molecular weight excluding hydrogens is 455 g/mol. The molecule has 3 aliphatic rings. The van der Waals surface area contributed by atoms with Crippen molar-refractivity contribution in [3.05, 3.63) is 0 Å². The van der Waals surface area contributed by atoms with Gasteiger partial charge in [0.05, 0.1) is 6.10 Å². The lowest BCUT2D eigenvalue weighted by molar-refractivity contribution is -0.129. The molecule has 0 bridgehead atoms. The summed E-state index contributed by atoms with van der Waals surface area (Å²) in [6, 6.07) is 0.863. The minimum absolute atomic E-state index is 0. The lowest BCUT2D eigenvalue weighted by Gasteiger charge is -2.54. The van der Waals surface area contributed by atoms with Crippen molar-refractivity contribution in [3.8, 4) is 0 Å². The van der Waals surface area contributed by atoms with Gasteiger partial charge in [0.2, 0.25) is 5.91 Å². The summed E-state index contributed by atoms with van der Waals surface area (Å²) in [5.41, 5.74) is 0.310. The highest BCUT2D eigenvalue weighted by Gasteiger charge is 2.57. The molecule has 2 N–H and O–H groups in total. The van der Waals surface area contributed by atoms with Gasteiger partial charge in [0, 0.05) is 50.7 Å². The van der Waals surface area contributed by atoms with E-state index in [2.05, 4.69) is 24.5 Å². The fourth-order valence-corrected chi connectivity index (χ4v) is 5.08. The van der Waals surface area contributed by atoms with Crippen LogP contribution in [0.25, 0.3) is 0 Å². The van der Waals surface area contributed by atoms with Crippen molar-refractivity contribution in [2.24, 2.45) is 10.4 Å². The Morgan fingerprint density at radius 3 is 2.41 bits per heavy atom. The molecular formula is C20H37IN4O2. The Bertz CT molecular complexity index is 514. The maximum atomic E-state index is 11.5. The zero-order chi connectivity index (χ0) is 18.6. The van der Waals surface area contributed by atoms with Crippen LogP contribution in [0, 0.1) is 5.41 Å². The normalized spacial score (nSPS) is 27.8. The number of carbonyl (C=O) groups excluding carboxylic acids is 1. The van der Waals surface area contributed by atoms with Gasteiger partial charge in [-0.3, -0.25) is 9.79 Å². The number of halogens is 1. The molecule has 1 aliphatic heterocycles. The van der Waals surface area contributed by atoms with E-state index in [0.717, 1.165) is 51.5 Å². The zero-order valence-corrected chi connectivity index (χ0v) is 19.5. The van der Waals surface area contributed by atoms with E-state index < -0.39 is 0 Å². The molecule has 6 nitrogen and oxygen atoms in total. The Morgan fingerprint density at radius 2 is 1.85 bits per heavy atom. The van der Waals surface area contributed by atoms with Gasteiger partial charge in [-0.15, -0.1) is 24.0 Å². The third-order valence-electron chi connectivity index (χ3n) is 6.60. The molecule has 0 aromatic carbocycles. The molecule has 2 unspecified atom stereocenters. The Balaban J connectivity index is 0.00000261. The number of nitrogens with zero attached hydrogens (tertiary/aromatic N) is 2. The van der Waals surface area contributed by atoms with E-state index in [-0.39, 0.29) is 29.9 Å². The number of nitrogens with one attached hydrogen (secondary N) is 2. The van der Waals surface area contributed by atoms with Crippen molar-refractivity contribution in [3.63, 3.8) is 0 Å². The fourth-order valence-electron chi connectivity index (χ4n) is 5.08. The number of hydrogen-bond acceptors (Lipinski definition) is 3. The molecule has 0 aromatic heterocycles. The number of likely N-dealkylation sites (tertiary alicyclic amines) is 1. The molecule has 3 rings (SSSR count). The van der Waals surface area contributed by atoms with Gasteiger partial charge in [0.15, 0.2) is 5.96 Å². The monoisotopic (exact) mass is 492 g/mol. The lowest BCUT2D eigenvalue weighted by atomic mass is 9.60. The average Bonchev–Trinajstić information content (AvgIpc) is 3.14. The molecule has 2 aliphatic carbocycles. The molecule has 156 valence electrons. The van der Waals surface area contributed by atoms with Gasteiger partial charge in [-0.25, -0.2) is 0 Å². The van der Waals surface area contributed by atoms with E-state index in [1.54, 1.807) is 6.92 Å². The van der Waals surface area contributed by atoms with Crippen molar-refractivity contribution in [2.75, 3.05) is 26.2 Å². The molecule has 7 heteroatoms. The molecule has 0 radical (unpaired) electrons. The van der Waals surface area contributed by atoms with Gasteiger partial charge in [0.1, 0.15) is 0 Å². The second kappa shape index (κ2) is 10.3.